The zero-order valence-corrected chi connectivity index (χ0v) is 12.0. The second-order valence-corrected chi connectivity index (χ2v) is 5.14. The van der Waals surface area contributed by atoms with Gasteiger partial charge in [0.25, 0.3) is 0 Å². The third kappa shape index (κ3) is 3.85. The standard InChI is InChI=1S/C16H27N/c1-6-12(3)16(11-17-7-2)15-9-8-13(4)14(5)10-15/h8-10,12,16-17H,6-7,11H2,1-5H3. The summed E-state index contributed by atoms with van der Waals surface area (Å²) in [6.45, 7) is 13.4. The molecule has 2 unspecified atom stereocenters. The van der Waals surface area contributed by atoms with Crippen LogP contribution in [0.1, 0.15) is 49.8 Å². The summed E-state index contributed by atoms with van der Waals surface area (Å²) < 4.78 is 0. The molecule has 0 saturated carbocycles. The van der Waals surface area contributed by atoms with E-state index in [0.717, 1.165) is 19.0 Å². The van der Waals surface area contributed by atoms with Crippen LogP contribution in [0.2, 0.25) is 0 Å². The summed E-state index contributed by atoms with van der Waals surface area (Å²) in [5.41, 5.74) is 4.29. The molecule has 0 heterocycles. The number of hydrogen-bond donors (Lipinski definition) is 1. The molecule has 0 aliphatic heterocycles. The van der Waals surface area contributed by atoms with Gasteiger partial charge in [-0.2, -0.15) is 0 Å². The predicted octanol–water partition coefficient (Wildman–Crippen LogP) is 4.04. The van der Waals surface area contributed by atoms with Crippen molar-refractivity contribution in [3.05, 3.63) is 34.9 Å². The average Bonchev–Trinajstić information content (AvgIpc) is 2.33. The zero-order valence-electron chi connectivity index (χ0n) is 12.0. The Morgan fingerprint density at radius 1 is 1.12 bits per heavy atom. The molecule has 96 valence electrons. The minimum atomic E-state index is 0.638. The van der Waals surface area contributed by atoms with E-state index in [1.54, 1.807) is 0 Å². The molecule has 1 rings (SSSR count). The number of aryl methyl sites for hydroxylation is 2. The molecule has 0 amide bonds. The molecule has 1 aromatic carbocycles. The van der Waals surface area contributed by atoms with E-state index >= 15 is 0 Å². The minimum absolute atomic E-state index is 0.638. The Bertz CT molecular complexity index is 343. The summed E-state index contributed by atoms with van der Waals surface area (Å²) in [6, 6.07) is 6.92. The fourth-order valence-corrected chi connectivity index (χ4v) is 2.23. The molecule has 2 atom stereocenters. The first-order valence-electron chi connectivity index (χ1n) is 6.88. The highest BCUT2D eigenvalue weighted by atomic mass is 14.8. The molecule has 0 saturated heterocycles. The van der Waals surface area contributed by atoms with Crippen molar-refractivity contribution in [3.63, 3.8) is 0 Å². The van der Waals surface area contributed by atoms with Gasteiger partial charge < -0.3 is 5.32 Å². The van der Waals surface area contributed by atoms with Crippen LogP contribution in [0, 0.1) is 19.8 Å². The molecule has 1 N–H and O–H groups in total. The first kappa shape index (κ1) is 14.2. The smallest absolute Gasteiger partial charge is 0.00226 e. The van der Waals surface area contributed by atoms with Crippen LogP contribution in [0.5, 0.6) is 0 Å². The lowest BCUT2D eigenvalue weighted by Gasteiger charge is -2.24. The first-order chi connectivity index (χ1) is 8.10. The number of hydrogen-bond acceptors (Lipinski definition) is 1. The molecule has 0 aromatic heterocycles. The summed E-state index contributed by atoms with van der Waals surface area (Å²) in [5.74, 6) is 1.37. The van der Waals surface area contributed by atoms with Crippen LogP contribution < -0.4 is 5.32 Å². The molecule has 0 radical (unpaired) electrons. The largest absolute Gasteiger partial charge is 0.316 e. The topological polar surface area (TPSA) is 12.0 Å². The molecule has 17 heavy (non-hydrogen) atoms. The van der Waals surface area contributed by atoms with Gasteiger partial charge in [-0.05, 0) is 48.9 Å². The molecular formula is C16H27N. The van der Waals surface area contributed by atoms with Gasteiger partial charge in [-0.25, -0.2) is 0 Å². The van der Waals surface area contributed by atoms with Gasteiger partial charge in [0.2, 0.25) is 0 Å². The lowest BCUT2D eigenvalue weighted by molar-refractivity contribution is 0.424. The lowest BCUT2D eigenvalue weighted by Crippen LogP contribution is -2.25. The quantitative estimate of drug-likeness (QED) is 0.782. The van der Waals surface area contributed by atoms with Crippen molar-refractivity contribution in [2.24, 2.45) is 5.92 Å². The molecule has 0 aliphatic rings. The van der Waals surface area contributed by atoms with Crippen molar-refractivity contribution in [3.8, 4) is 0 Å². The van der Waals surface area contributed by atoms with Gasteiger partial charge >= 0.3 is 0 Å². The van der Waals surface area contributed by atoms with Crippen molar-refractivity contribution < 1.29 is 0 Å². The van der Waals surface area contributed by atoms with E-state index in [-0.39, 0.29) is 0 Å². The van der Waals surface area contributed by atoms with Gasteiger partial charge in [0, 0.05) is 6.54 Å². The highest BCUT2D eigenvalue weighted by Gasteiger charge is 2.17. The van der Waals surface area contributed by atoms with Crippen molar-refractivity contribution in [1.29, 1.82) is 0 Å². The molecule has 1 heteroatoms. The van der Waals surface area contributed by atoms with Crippen LogP contribution in [-0.4, -0.2) is 13.1 Å². The van der Waals surface area contributed by atoms with Crippen molar-refractivity contribution in [1.82, 2.24) is 5.32 Å². The number of benzene rings is 1. The van der Waals surface area contributed by atoms with Crippen LogP contribution >= 0.6 is 0 Å². The summed E-state index contributed by atoms with van der Waals surface area (Å²) in [6.07, 6.45) is 1.24. The Kier molecular flexibility index (Phi) is 5.70. The van der Waals surface area contributed by atoms with Crippen LogP contribution in [0.4, 0.5) is 0 Å². The highest BCUT2D eigenvalue weighted by molar-refractivity contribution is 5.32. The SMILES string of the molecule is CCNCC(c1ccc(C)c(C)c1)C(C)CC. The van der Waals surface area contributed by atoms with E-state index in [0.29, 0.717) is 5.92 Å². The highest BCUT2D eigenvalue weighted by Crippen LogP contribution is 2.27. The Balaban J connectivity index is 2.91. The molecular weight excluding hydrogens is 206 g/mol. The van der Waals surface area contributed by atoms with Crippen molar-refractivity contribution >= 4 is 0 Å². The number of rotatable bonds is 6. The fourth-order valence-electron chi connectivity index (χ4n) is 2.23. The zero-order chi connectivity index (χ0) is 12.8. The third-order valence-electron chi connectivity index (χ3n) is 3.90. The van der Waals surface area contributed by atoms with Gasteiger partial charge in [0.15, 0.2) is 0 Å². The minimum Gasteiger partial charge on any atom is -0.316 e. The van der Waals surface area contributed by atoms with E-state index in [1.165, 1.54) is 23.1 Å². The molecule has 0 bridgehead atoms. The average molecular weight is 233 g/mol. The van der Waals surface area contributed by atoms with Crippen LogP contribution in [-0.2, 0) is 0 Å². The normalized spacial score (nSPS) is 14.6. The van der Waals surface area contributed by atoms with Gasteiger partial charge in [-0.1, -0.05) is 45.4 Å². The van der Waals surface area contributed by atoms with E-state index in [2.05, 4.69) is 58.1 Å². The molecule has 0 aliphatic carbocycles. The Morgan fingerprint density at radius 3 is 2.35 bits per heavy atom. The monoisotopic (exact) mass is 233 g/mol. The van der Waals surface area contributed by atoms with Crippen LogP contribution in [0.25, 0.3) is 0 Å². The van der Waals surface area contributed by atoms with Crippen LogP contribution in [0.3, 0.4) is 0 Å². The maximum absolute atomic E-state index is 3.50. The van der Waals surface area contributed by atoms with Gasteiger partial charge in [0.1, 0.15) is 0 Å². The van der Waals surface area contributed by atoms with E-state index in [4.69, 9.17) is 0 Å². The summed E-state index contributed by atoms with van der Waals surface area (Å²) in [4.78, 5) is 0. The molecule has 0 spiro atoms. The second kappa shape index (κ2) is 6.80. The fraction of sp³-hybridized carbons (Fsp3) is 0.625. The van der Waals surface area contributed by atoms with Crippen molar-refractivity contribution in [2.45, 2.75) is 47.0 Å². The second-order valence-electron chi connectivity index (χ2n) is 5.14. The maximum Gasteiger partial charge on any atom is 0.00226 e. The van der Waals surface area contributed by atoms with E-state index in [1.807, 2.05) is 0 Å². The maximum atomic E-state index is 3.50. The van der Waals surface area contributed by atoms with Gasteiger partial charge in [0.05, 0.1) is 0 Å². The Morgan fingerprint density at radius 2 is 1.82 bits per heavy atom. The van der Waals surface area contributed by atoms with Crippen molar-refractivity contribution in [2.75, 3.05) is 13.1 Å². The van der Waals surface area contributed by atoms with Gasteiger partial charge in [-0.15, -0.1) is 0 Å². The predicted molar refractivity (Wildman–Crippen MR) is 76.7 cm³/mol. The summed E-state index contributed by atoms with van der Waals surface area (Å²) >= 11 is 0. The number of nitrogens with one attached hydrogen (secondary N) is 1. The summed E-state index contributed by atoms with van der Waals surface area (Å²) in [5, 5.41) is 3.50. The third-order valence-corrected chi connectivity index (χ3v) is 3.90. The van der Waals surface area contributed by atoms with Gasteiger partial charge in [-0.3, -0.25) is 0 Å². The summed E-state index contributed by atoms with van der Waals surface area (Å²) in [7, 11) is 0. The number of likely N-dealkylation sites (N-methyl/N-ethyl adjacent to an activating group) is 1. The lowest BCUT2D eigenvalue weighted by atomic mass is 9.84. The van der Waals surface area contributed by atoms with E-state index < -0.39 is 0 Å². The molecule has 0 fully saturated rings. The Hall–Kier alpha value is -0.820. The van der Waals surface area contributed by atoms with Crippen LogP contribution in [0.15, 0.2) is 18.2 Å². The molecule has 1 aromatic rings. The first-order valence-corrected chi connectivity index (χ1v) is 6.88. The Labute approximate surface area is 107 Å². The van der Waals surface area contributed by atoms with E-state index in [9.17, 15) is 0 Å². The molecule has 1 nitrogen and oxygen atoms in total.